The molecule has 88 valence electrons. The molecule has 1 aliphatic carbocycles. The quantitative estimate of drug-likeness (QED) is 0.800. The first-order chi connectivity index (χ1) is 8.36. The summed E-state index contributed by atoms with van der Waals surface area (Å²) in [6.45, 7) is 0. The summed E-state index contributed by atoms with van der Waals surface area (Å²) < 4.78 is 1.83. The van der Waals surface area contributed by atoms with Crippen LogP contribution in [0.5, 0.6) is 0 Å². The van der Waals surface area contributed by atoms with Gasteiger partial charge in [-0.25, -0.2) is 4.79 Å². The number of nitrogens with one attached hydrogen (secondary N) is 1. The number of aromatic amines is 1. The highest BCUT2D eigenvalue weighted by molar-refractivity contribution is 5.78. The van der Waals surface area contributed by atoms with Crippen LogP contribution in [0.2, 0.25) is 0 Å². The predicted molar refractivity (Wildman–Crippen MR) is 69.9 cm³/mol. The molecule has 1 heterocycles. The van der Waals surface area contributed by atoms with Crippen molar-refractivity contribution in [2.45, 2.75) is 32.1 Å². The lowest BCUT2D eigenvalue weighted by atomic mass is 10.2. The number of rotatable bonds is 1. The van der Waals surface area contributed by atoms with Gasteiger partial charge in [0.2, 0.25) is 0 Å². The number of fused-ring (bicyclic) bond motifs is 1. The Bertz CT molecular complexity index is 618. The highest BCUT2D eigenvalue weighted by atomic mass is 16.1. The average Bonchev–Trinajstić information content (AvgIpc) is 2.53. The summed E-state index contributed by atoms with van der Waals surface area (Å²) in [5, 5.41) is 0. The van der Waals surface area contributed by atoms with Crippen LogP contribution in [0.4, 0.5) is 0 Å². The number of imidazole rings is 1. The Balaban J connectivity index is 2.19. The minimum absolute atomic E-state index is 0.0145. The molecule has 0 saturated heterocycles. The van der Waals surface area contributed by atoms with Gasteiger partial charge in [-0.05, 0) is 37.8 Å². The smallest absolute Gasteiger partial charge is 0.305 e. The third-order valence-corrected chi connectivity index (χ3v) is 3.39. The van der Waals surface area contributed by atoms with E-state index < -0.39 is 0 Å². The minimum Gasteiger partial charge on any atom is -0.305 e. The van der Waals surface area contributed by atoms with Crippen LogP contribution in [0.15, 0.2) is 35.1 Å². The third kappa shape index (κ3) is 1.82. The van der Waals surface area contributed by atoms with Gasteiger partial charge in [-0.3, -0.25) is 4.57 Å². The van der Waals surface area contributed by atoms with Crippen molar-refractivity contribution >= 4 is 16.7 Å². The zero-order chi connectivity index (χ0) is 11.7. The molecule has 0 amide bonds. The van der Waals surface area contributed by atoms with Gasteiger partial charge >= 0.3 is 5.69 Å². The van der Waals surface area contributed by atoms with Crippen molar-refractivity contribution in [1.82, 2.24) is 9.55 Å². The van der Waals surface area contributed by atoms with Crippen LogP contribution < -0.4 is 5.69 Å². The molecule has 1 aliphatic rings. The molecule has 17 heavy (non-hydrogen) atoms. The molecular formula is C14H16N2O. The molecule has 0 aliphatic heterocycles. The number of para-hydroxylation sites is 2. The molecule has 3 heteroatoms. The highest BCUT2D eigenvalue weighted by Gasteiger charge is 2.11. The fourth-order valence-corrected chi connectivity index (χ4v) is 2.54. The predicted octanol–water partition coefficient (Wildman–Crippen LogP) is 3.13. The second kappa shape index (κ2) is 4.24. The Kier molecular flexibility index (Phi) is 2.59. The van der Waals surface area contributed by atoms with Gasteiger partial charge in [0, 0.05) is 5.70 Å². The van der Waals surface area contributed by atoms with Crippen molar-refractivity contribution in [3.8, 4) is 0 Å². The van der Waals surface area contributed by atoms with Crippen LogP contribution in [0.1, 0.15) is 32.1 Å². The van der Waals surface area contributed by atoms with Gasteiger partial charge in [-0.15, -0.1) is 0 Å². The minimum atomic E-state index is -0.0145. The van der Waals surface area contributed by atoms with E-state index in [1.54, 1.807) is 0 Å². The van der Waals surface area contributed by atoms with Crippen molar-refractivity contribution in [1.29, 1.82) is 0 Å². The summed E-state index contributed by atoms with van der Waals surface area (Å²) in [7, 11) is 0. The van der Waals surface area contributed by atoms with Crippen molar-refractivity contribution in [2.75, 3.05) is 0 Å². The average molecular weight is 228 g/mol. The molecule has 1 N–H and O–H groups in total. The number of aromatic nitrogens is 2. The normalized spacial score (nSPS) is 16.8. The van der Waals surface area contributed by atoms with Crippen molar-refractivity contribution < 1.29 is 0 Å². The zero-order valence-corrected chi connectivity index (χ0v) is 9.78. The van der Waals surface area contributed by atoms with Crippen LogP contribution in [-0.4, -0.2) is 9.55 Å². The SMILES string of the molecule is O=c1[nH]c2ccccc2n1C1=CCCCCC1. The van der Waals surface area contributed by atoms with Gasteiger partial charge in [0.15, 0.2) is 0 Å². The Morgan fingerprint density at radius 2 is 2.00 bits per heavy atom. The van der Waals surface area contributed by atoms with Crippen LogP contribution in [-0.2, 0) is 0 Å². The van der Waals surface area contributed by atoms with Gasteiger partial charge in [0.1, 0.15) is 0 Å². The fourth-order valence-electron chi connectivity index (χ4n) is 2.54. The van der Waals surface area contributed by atoms with E-state index in [-0.39, 0.29) is 5.69 Å². The Hall–Kier alpha value is -1.77. The molecule has 1 aromatic heterocycles. The van der Waals surface area contributed by atoms with Crippen molar-refractivity contribution in [3.63, 3.8) is 0 Å². The van der Waals surface area contributed by atoms with Gasteiger partial charge < -0.3 is 4.98 Å². The van der Waals surface area contributed by atoms with E-state index in [2.05, 4.69) is 11.1 Å². The van der Waals surface area contributed by atoms with E-state index in [1.165, 1.54) is 19.3 Å². The summed E-state index contributed by atoms with van der Waals surface area (Å²) in [5.74, 6) is 0. The van der Waals surface area contributed by atoms with E-state index in [0.717, 1.165) is 29.6 Å². The van der Waals surface area contributed by atoms with Crippen LogP contribution in [0, 0.1) is 0 Å². The summed E-state index contributed by atoms with van der Waals surface area (Å²) in [4.78, 5) is 14.9. The number of benzene rings is 1. The monoisotopic (exact) mass is 228 g/mol. The number of allylic oxidation sites excluding steroid dienone is 2. The lowest BCUT2D eigenvalue weighted by Gasteiger charge is -2.06. The Labute approximate surface area is 99.8 Å². The lowest BCUT2D eigenvalue weighted by molar-refractivity contribution is 0.715. The number of nitrogens with zero attached hydrogens (tertiary/aromatic N) is 1. The second-order valence-electron chi connectivity index (χ2n) is 4.58. The van der Waals surface area contributed by atoms with Crippen molar-refractivity contribution in [3.05, 3.63) is 40.8 Å². The molecule has 3 nitrogen and oxygen atoms in total. The Morgan fingerprint density at radius 1 is 1.12 bits per heavy atom. The second-order valence-corrected chi connectivity index (χ2v) is 4.58. The maximum absolute atomic E-state index is 12.0. The van der Waals surface area contributed by atoms with Crippen LogP contribution in [0.3, 0.4) is 0 Å². The van der Waals surface area contributed by atoms with E-state index >= 15 is 0 Å². The largest absolute Gasteiger partial charge is 0.330 e. The standard InChI is InChI=1S/C14H16N2O/c17-14-15-12-9-5-6-10-13(12)16(14)11-7-3-1-2-4-8-11/h5-7,9-10H,1-4,8H2,(H,15,17). The fraction of sp³-hybridized carbons (Fsp3) is 0.357. The molecule has 0 atom stereocenters. The number of H-pyrrole nitrogens is 1. The van der Waals surface area contributed by atoms with E-state index in [9.17, 15) is 4.79 Å². The van der Waals surface area contributed by atoms with E-state index in [1.807, 2.05) is 28.8 Å². The first-order valence-electron chi connectivity index (χ1n) is 6.25. The van der Waals surface area contributed by atoms with Gasteiger partial charge in [-0.2, -0.15) is 0 Å². The van der Waals surface area contributed by atoms with Crippen LogP contribution in [0.25, 0.3) is 16.7 Å². The molecule has 0 bridgehead atoms. The maximum Gasteiger partial charge on any atom is 0.330 e. The van der Waals surface area contributed by atoms with Crippen molar-refractivity contribution in [2.24, 2.45) is 0 Å². The summed E-state index contributed by atoms with van der Waals surface area (Å²) in [6, 6.07) is 7.87. The molecular weight excluding hydrogens is 212 g/mol. The van der Waals surface area contributed by atoms with E-state index in [4.69, 9.17) is 0 Å². The molecule has 1 aromatic carbocycles. The maximum atomic E-state index is 12.0. The Morgan fingerprint density at radius 3 is 2.94 bits per heavy atom. The molecule has 0 fully saturated rings. The first-order valence-corrected chi connectivity index (χ1v) is 6.25. The summed E-state index contributed by atoms with van der Waals surface area (Å²) in [6.07, 6.45) is 7.98. The number of hydrogen-bond acceptors (Lipinski definition) is 1. The summed E-state index contributed by atoms with van der Waals surface area (Å²) >= 11 is 0. The van der Waals surface area contributed by atoms with Gasteiger partial charge in [0.25, 0.3) is 0 Å². The lowest BCUT2D eigenvalue weighted by Crippen LogP contribution is -2.15. The molecule has 0 saturated carbocycles. The van der Waals surface area contributed by atoms with Gasteiger partial charge in [-0.1, -0.05) is 24.6 Å². The topological polar surface area (TPSA) is 37.8 Å². The molecule has 3 rings (SSSR count). The summed E-state index contributed by atoms with van der Waals surface area (Å²) in [5.41, 5.74) is 3.05. The number of hydrogen-bond donors (Lipinski definition) is 1. The third-order valence-electron chi connectivity index (χ3n) is 3.39. The zero-order valence-electron chi connectivity index (χ0n) is 9.78. The van der Waals surface area contributed by atoms with Crippen LogP contribution >= 0.6 is 0 Å². The van der Waals surface area contributed by atoms with Gasteiger partial charge in [0.05, 0.1) is 11.0 Å². The molecule has 0 spiro atoms. The van der Waals surface area contributed by atoms with E-state index in [0.29, 0.717) is 0 Å². The first kappa shape index (κ1) is 10.4. The molecule has 0 unspecified atom stereocenters. The highest BCUT2D eigenvalue weighted by Crippen LogP contribution is 2.23. The molecule has 0 radical (unpaired) electrons. The molecule has 2 aromatic rings.